The van der Waals surface area contributed by atoms with Crippen LogP contribution in [0.2, 0.25) is 0 Å². The number of hydrogen-bond donors (Lipinski definition) is 1. The molecule has 4 aromatic rings. The van der Waals surface area contributed by atoms with Crippen LogP contribution in [-0.2, 0) is 9.53 Å². The summed E-state index contributed by atoms with van der Waals surface area (Å²) in [6.07, 6.45) is -1.06. The molecule has 1 N–H and O–H groups in total. The highest BCUT2D eigenvalue weighted by atomic mass is 16.5. The van der Waals surface area contributed by atoms with Crippen LogP contribution in [0.3, 0.4) is 0 Å². The van der Waals surface area contributed by atoms with Crippen molar-refractivity contribution < 1.29 is 14.3 Å². The van der Waals surface area contributed by atoms with E-state index in [0.29, 0.717) is 16.8 Å². The van der Waals surface area contributed by atoms with Crippen LogP contribution in [0.1, 0.15) is 22.0 Å². The molecule has 0 spiro atoms. The Bertz CT molecular complexity index is 1140. The number of benzene rings is 4. The smallest absolute Gasteiger partial charge is 0.339 e. The van der Waals surface area contributed by atoms with E-state index in [4.69, 9.17) is 4.74 Å². The zero-order chi connectivity index (χ0) is 20.1. The maximum Gasteiger partial charge on any atom is 0.339 e. The number of anilines is 1. The predicted molar refractivity (Wildman–Crippen MR) is 114 cm³/mol. The molecule has 0 aliphatic rings. The van der Waals surface area contributed by atoms with E-state index in [-0.39, 0.29) is 0 Å². The van der Waals surface area contributed by atoms with Gasteiger partial charge < -0.3 is 10.1 Å². The molecule has 29 heavy (non-hydrogen) atoms. The Labute approximate surface area is 168 Å². The van der Waals surface area contributed by atoms with Crippen LogP contribution in [0.5, 0.6) is 0 Å². The Morgan fingerprint density at radius 1 is 0.690 bits per heavy atom. The Morgan fingerprint density at radius 2 is 1.31 bits per heavy atom. The highest BCUT2D eigenvalue weighted by Gasteiger charge is 2.25. The molecule has 4 nitrogen and oxygen atoms in total. The summed E-state index contributed by atoms with van der Waals surface area (Å²) in [7, 11) is 0. The lowest BCUT2D eigenvalue weighted by atomic mass is 10.1. The molecule has 0 unspecified atom stereocenters. The minimum atomic E-state index is -1.06. The van der Waals surface area contributed by atoms with Crippen molar-refractivity contribution in [1.82, 2.24) is 0 Å². The van der Waals surface area contributed by atoms with Gasteiger partial charge in [-0.3, -0.25) is 4.79 Å². The zero-order valence-corrected chi connectivity index (χ0v) is 15.6. The van der Waals surface area contributed by atoms with Gasteiger partial charge in [-0.1, -0.05) is 78.9 Å². The molecule has 0 fully saturated rings. The Morgan fingerprint density at radius 3 is 2.03 bits per heavy atom. The van der Waals surface area contributed by atoms with Crippen molar-refractivity contribution in [2.45, 2.75) is 6.10 Å². The van der Waals surface area contributed by atoms with Gasteiger partial charge in [-0.05, 0) is 35.0 Å². The summed E-state index contributed by atoms with van der Waals surface area (Å²) in [5, 5.41) is 4.97. The third kappa shape index (κ3) is 4.33. The molecular weight excluding hydrogens is 362 g/mol. The van der Waals surface area contributed by atoms with Gasteiger partial charge in [0.2, 0.25) is 6.10 Å². The molecule has 0 heterocycles. The Balaban J connectivity index is 1.59. The topological polar surface area (TPSA) is 55.4 Å². The average Bonchev–Trinajstić information content (AvgIpc) is 2.78. The van der Waals surface area contributed by atoms with E-state index >= 15 is 0 Å². The molecule has 0 aromatic heterocycles. The van der Waals surface area contributed by atoms with Gasteiger partial charge in [-0.25, -0.2) is 4.79 Å². The number of esters is 1. The normalized spacial score (nSPS) is 11.6. The Hall–Kier alpha value is -3.92. The van der Waals surface area contributed by atoms with Crippen LogP contribution in [0.15, 0.2) is 103 Å². The first-order valence-corrected chi connectivity index (χ1v) is 9.31. The number of carbonyl (C=O) groups is 2. The van der Waals surface area contributed by atoms with E-state index < -0.39 is 18.0 Å². The van der Waals surface area contributed by atoms with Gasteiger partial charge in [0.05, 0.1) is 5.56 Å². The van der Waals surface area contributed by atoms with Crippen LogP contribution in [0.4, 0.5) is 5.69 Å². The molecule has 0 aliphatic carbocycles. The quantitative estimate of drug-likeness (QED) is 0.473. The summed E-state index contributed by atoms with van der Waals surface area (Å²) >= 11 is 0. The van der Waals surface area contributed by atoms with E-state index in [1.54, 1.807) is 36.4 Å². The van der Waals surface area contributed by atoms with Crippen molar-refractivity contribution in [3.63, 3.8) is 0 Å². The summed E-state index contributed by atoms with van der Waals surface area (Å²) in [5.74, 6) is -0.955. The van der Waals surface area contributed by atoms with Crippen molar-refractivity contribution in [3.8, 4) is 0 Å². The van der Waals surface area contributed by atoms with Crippen molar-refractivity contribution in [1.29, 1.82) is 0 Å². The minimum absolute atomic E-state index is 0.395. The molecule has 0 radical (unpaired) electrons. The molecule has 4 aromatic carbocycles. The average molecular weight is 381 g/mol. The highest BCUT2D eigenvalue weighted by molar-refractivity contribution is 5.99. The van der Waals surface area contributed by atoms with Gasteiger partial charge in [-0.2, -0.15) is 0 Å². The van der Waals surface area contributed by atoms with Gasteiger partial charge in [0, 0.05) is 11.3 Å². The zero-order valence-electron chi connectivity index (χ0n) is 15.6. The van der Waals surface area contributed by atoms with Gasteiger partial charge in [-0.15, -0.1) is 0 Å². The number of carbonyl (C=O) groups excluding carboxylic acids is 2. The van der Waals surface area contributed by atoms with Crippen LogP contribution in [0, 0.1) is 0 Å². The second-order valence-electron chi connectivity index (χ2n) is 6.61. The monoisotopic (exact) mass is 381 g/mol. The summed E-state index contributed by atoms with van der Waals surface area (Å²) < 4.78 is 5.59. The van der Waals surface area contributed by atoms with Gasteiger partial charge in [0.15, 0.2) is 0 Å². The van der Waals surface area contributed by atoms with Crippen LogP contribution >= 0.6 is 0 Å². The van der Waals surface area contributed by atoms with Crippen LogP contribution in [-0.4, -0.2) is 11.9 Å². The molecule has 1 amide bonds. The van der Waals surface area contributed by atoms with Crippen LogP contribution < -0.4 is 5.32 Å². The SMILES string of the molecule is O=C(O[C@H](C(=O)Nc1ccc2ccccc2c1)c1ccccc1)c1ccccc1. The van der Waals surface area contributed by atoms with E-state index in [9.17, 15) is 9.59 Å². The van der Waals surface area contributed by atoms with E-state index in [0.717, 1.165) is 10.8 Å². The second-order valence-corrected chi connectivity index (χ2v) is 6.61. The summed E-state index contributed by atoms with van der Waals surface area (Å²) in [6.45, 7) is 0. The largest absolute Gasteiger partial charge is 0.444 e. The fourth-order valence-electron chi connectivity index (χ4n) is 3.12. The van der Waals surface area contributed by atoms with Gasteiger partial charge >= 0.3 is 5.97 Å². The van der Waals surface area contributed by atoms with Crippen molar-refractivity contribution in [2.24, 2.45) is 0 Å². The fourth-order valence-corrected chi connectivity index (χ4v) is 3.12. The number of ether oxygens (including phenoxy) is 1. The lowest BCUT2D eigenvalue weighted by Crippen LogP contribution is -2.26. The molecule has 0 bridgehead atoms. The lowest BCUT2D eigenvalue weighted by molar-refractivity contribution is -0.125. The summed E-state index contributed by atoms with van der Waals surface area (Å²) in [5.41, 5.74) is 1.65. The number of nitrogens with one attached hydrogen (secondary N) is 1. The summed E-state index contributed by atoms with van der Waals surface area (Å²) in [4.78, 5) is 25.6. The third-order valence-corrected chi connectivity index (χ3v) is 4.59. The van der Waals surface area contributed by atoms with E-state index in [2.05, 4.69) is 5.32 Å². The first-order chi connectivity index (χ1) is 14.2. The second kappa shape index (κ2) is 8.40. The minimum Gasteiger partial charge on any atom is -0.444 e. The highest BCUT2D eigenvalue weighted by Crippen LogP contribution is 2.24. The van der Waals surface area contributed by atoms with Crippen molar-refractivity contribution in [2.75, 3.05) is 5.32 Å². The third-order valence-electron chi connectivity index (χ3n) is 4.59. The van der Waals surface area contributed by atoms with Crippen molar-refractivity contribution in [3.05, 3.63) is 114 Å². The molecule has 0 saturated heterocycles. The molecule has 0 aliphatic heterocycles. The van der Waals surface area contributed by atoms with Crippen molar-refractivity contribution >= 4 is 28.3 Å². The molecule has 142 valence electrons. The Kier molecular flexibility index (Phi) is 5.34. The molecule has 1 atom stereocenters. The van der Waals surface area contributed by atoms with E-state index in [1.807, 2.05) is 66.7 Å². The maximum atomic E-state index is 13.0. The fraction of sp³-hybridized carbons (Fsp3) is 0.0400. The first kappa shape index (κ1) is 18.4. The molecule has 4 rings (SSSR count). The first-order valence-electron chi connectivity index (χ1n) is 9.31. The predicted octanol–water partition coefficient (Wildman–Crippen LogP) is 5.38. The summed E-state index contributed by atoms with van der Waals surface area (Å²) in [6, 6.07) is 31.2. The van der Waals surface area contributed by atoms with Crippen LogP contribution in [0.25, 0.3) is 10.8 Å². The number of hydrogen-bond acceptors (Lipinski definition) is 3. The lowest BCUT2D eigenvalue weighted by Gasteiger charge is -2.18. The van der Waals surface area contributed by atoms with Gasteiger partial charge in [0.1, 0.15) is 0 Å². The van der Waals surface area contributed by atoms with Gasteiger partial charge in [0.25, 0.3) is 5.91 Å². The molecular formula is C25H19NO3. The molecule has 0 saturated carbocycles. The standard InChI is InChI=1S/C25H19NO3/c27-24(26-22-16-15-18-9-7-8-14-21(18)17-22)23(19-10-3-1-4-11-19)29-25(28)20-12-5-2-6-13-20/h1-17,23H,(H,26,27)/t23-/m0/s1. The number of fused-ring (bicyclic) bond motifs is 1. The molecule has 4 heteroatoms. The maximum absolute atomic E-state index is 13.0. The number of rotatable bonds is 5. The van der Waals surface area contributed by atoms with E-state index in [1.165, 1.54) is 0 Å². The number of amides is 1.